The van der Waals surface area contributed by atoms with Gasteiger partial charge in [0.05, 0.1) is 12.3 Å². The van der Waals surface area contributed by atoms with Crippen molar-refractivity contribution in [3.05, 3.63) is 48.0 Å². The number of nitrogens with zero attached hydrogens (tertiary/aromatic N) is 4. The van der Waals surface area contributed by atoms with Crippen LogP contribution in [0.2, 0.25) is 0 Å². The van der Waals surface area contributed by atoms with Crippen molar-refractivity contribution in [3.63, 3.8) is 0 Å². The van der Waals surface area contributed by atoms with Gasteiger partial charge in [0.1, 0.15) is 12.2 Å². The molecule has 108 valence electrons. The quantitative estimate of drug-likeness (QED) is 0.906. The Morgan fingerprint density at radius 3 is 2.95 bits per heavy atom. The van der Waals surface area contributed by atoms with Crippen molar-refractivity contribution in [1.29, 1.82) is 0 Å². The molecule has 1 N–H and O–H groups in total. The highest BCUT2D eigenvalue weighted by molar-refractivity contribution is 6.03. The van der Waals surface area contributed by atoms with Crippen molar-refractivity contribution in [3.8, 4) is 0 Å². The summed E-state index contributed by atoms with van der Waals surface area (Å²) in [6, 6.07) is 9.71. The van der Waals surface area contributed by atoms with Gasteiger partial charge < -0.3 is 9.74 Å². The van der Waals surface area contributed by atoms with Gasteiger partial charge in [-0.2, -0.15) is 5.10 Å². The number of oxime groups is 1. The van der Waals surface area contributed by atoms with Crippen LogP contribution in [0.1, 0.15) is 17.8 Å². The third-order valence-electron chi connectivity index (χ3n) is 3.28. The van der Waals surface area contributed by atoms with E-state index in [1.54, 1.807) is 11.9 Å². The lowest BCUT2D eigenvalue weighted by molar-refractivity contribution is -0.141. The first-order valence-electron chi connectivity index (χ1n) is 6.61. The fraction of sp³-hybridized carbons (Fsp3) is 0.286. The van der Waals surface area contributed by atoms with Crippen LogP contribution in [0.25, 0.3) is 0 Å². The monoisotopic (exact) mass is 285 g/mol. The molecular weight excluding hydrogens is 270 g/mol. The van der Waals surface area contributed by atoms with Crippen LogP contribution in [0.5, 0.6) is 0 Å². The fourth-order valence-electron chi connectivity index (χ4n) is 2.17. The first kappa shape index (κ1) is 13.3. The van der Waals surface area contributed by atoms with Crippen molar-refractivity contribution in [2.45, 2.75) is 19.1 Å². The smallest absolute Gasteiger partial charge is 0.267 e. The minimum absolute atomic E-state index is 0.124. The van der Waals surface area contributed by atoms with Crippen molar-refractivity contribution in [1.82, 2.24) is 20.1 Å². The number of H-pyrrole nitrogens is 1. The van der Waals surface area contributed by atoms with Crippen LogP contribution in [0.3, 0.4) is 0 Å². The predicted molar refractivity (Wildman–Crippen MR) is 75.3 cm³/mol. The molecule has 1 unspecified atom stereocenters. The number of amides is 1. The van der Waals surface area contributed by atoms with Crippen LogP contribution in [-0.4, -0.2) is 44.9 Å². The molecule has 1 aliphatic rings. The molecule has 3 rings (SSSR count). The van der Waals surface area contributed by atoms with E-state index in [-0.39, 0.29) is 5.91 Å². The molecule has 0 spiro atoms. The second-order valence-corrected chi connectivity index (χ2v) is 4.83. The molecule has 0 saturated heterocycles. The number of hydrogen-bond acceptors (Lipinski definition) is 5. The van der Waals surface area contributed by atoms with Gasteiger partial charge in [-0.25, -0.2) is 4.98 Å². The topological polar surface area (TPSA) is 83.5 Å². The van der Waals surface area contributed by atoms with E-state index >= 15 is 0 Å². The highest BCUT2D eigenvalue weighted by Crippen LogP contribution is 2.18. The molecule has 2 heterocycles. The fourth-order valence-corrected chi connectivity index (χ4v) is 2.17. The summed E-state index contributed by atoms with van der Waals surface area (Å²) in [4.78, 5) is 23.1. The average molecular weight is 285 g/mol. The minimum Gasteiger partial charge on any atom is -0.382 e. The van der Waals surface area contributed by atoms with Crippen LogP contribution >= 0.6 is 0 Å². The Hall–Kier alpha value is -2.70. The van der Waals surface area contributed by atoms with E-state index < -0.39 is 6.10 Å². The van der Waals surface area contributed by atoms with E-state index in [1.165, 1.54) is 6.33 Å². The molecule has 0 fully saturated rings. The van der Waals surface area contributed by atoms with E-state index in [0.29, 0.717) is 18.8 Å². The summed E-state index contributed by atoms with van der Waals surface area (Å²) in [5.74, 6) is 0.508. The summed E-state index contributed by atoms with van der Waals surface area (Å²) in [7, 11) is 1.70. The van der Waals surface area contributed by atoms with Crippen molar-refractivity contribution >= 4 is 11.6 Å². The Bertz CT molecular complexity index is 639. The van der Waals surface area contributed by atoms with E-state index in [1.807, 2.05) is 30.3 Å². The highest BCUT2D eigenvalue weighted by Gasteiger charge is 2.31. The second kappa shape index (κ2) is 5.74. The Morgan fingerprint density at radius 1 is 1.43 bits per heavy atom. The van der Waals surface area contributed by atoms with E-state index in [2.05, 4.69) is 20.3 Å². The first-order valence-corrected chi connectivity index (χ1v) is 6.61. The van der Waals surface area contributed by atoms with Gasteiger partial charge in [0, 0.05) is 13.5 Å². The lowest BCUT2D eigenvalue weighted by Crippen LogP contribution is -2.36. The van der Waals surface area contributed by atoms with Gasteiger partial charge in [0.15, 0.2) is 0 Å². The molecule has 7 nitrogen and oxygen atoms in total. The molecule has 0 saturated carbocycles. The van der Waals surface area contributed by atoms with Crippen LogP contribution in [0.15, 0.2) is 41.8 Å². The van der Waals surface area contributed by atoms with Gasteiger partial charge in [-0.05, 0) is 5.56 Å². The molecule has 1 aromatic heterocycles. The molecule has 1 aromatic carbocycles. The number of likely N-dealkylation sites (N-methyl/N-ethyl adjacent to an activating group) is 1. The van der Waals surface area contributed by atoms with Crippen molar-refractivity contribution < 1.29 is 9.63 Å². The molecule has 1 atom stereocenters. The third kappa shape index (κ3) is 2.91. The van der Waals surface area contributed by atoms with Gasteiger partial charge in [-0.15, -0.1) is 0 Å². The summed E-state index contributed by atoms with van der Waals surface area (Å²) >= 11 is 0. The maximum absolute atomic E-state index is 12.3. The molecule has 0 bridgehead atoms. The highest BCUT2D eigenvalue weighted by atomic mass is 16.6. The van der Waals surface area contributed by atoms with Crippen LogP contribution in [0, 0.1) is 0 Å². The van der Waals surface area contributed by atoms with Crippen molar-refractivity contribution in [2.24, 2.45) is 5.16 Å². The maximum atomic E-state index is 12.3. The summed E-state index contributed by atoms with van der Waals surface area (Å²) in [6.45, 7) is 0.360. The number of carbonyl (C=O) groups excluding carboxylic acids is 1. The molecule has 2 aromatic rings. The van der Waals surface area contributed by atoms with Gasteiger partial charge >= 0.3 is 0 Å². The summed E-state index contributed by atoms with van der Waals surface area (Å²) in [5, 5.41) is 10.5. The Morgan fingerprint density at radius 2 is 2.24 bits per heavy atom. The number of hydrogen-bond donors (Lipinski definition) is 1. The maximum Gasteiger partial charge on any atom is 0.267 e. The molecule has 7 heteroatoms. The molecule has 0 radical (unpaired) electrons. The van der Waals surface area contributed by atoms with E-state index in [0.717, 1.165) is 11.3 Å². The van der Waals surface area contributed by atoms with Crippen LogP contribution in [0.4, 0.5) is 0 Å². The largest absolute Gasteiger partial charge is 0.382 e. The molecule has 1 amide bonds. The van der Waals surface area contributed by atoms with E-state index in [9.17, 15) is 4.79 Å². The van der Waals surface area contributed by atoms with Gasteiger partial charge in [0.25, 0.3) is 5.91 Å². The van der Waals surface area contributed by atoms with Crippen LogP contribution < -0.4 is 0 Å². The van der Waals surface area contributed by atoms with Gasteiger partial charge in [-0.1, -0.05) is 35.5 Å². The second-order valence-electron chi connectivity index (χ2n) is 4.83. The Balaban J connectivity index is 1.60. The molecule has 0 aliphatic carbocycles. The van der Waals surface area contributed by atoms with Crippen LogP contribution in [-0.2, 0) is 16.2 Å². The number of carbonyl (C=O) groups is 1. The Kier molecular flexibility index (Phi) is 3.63. The zero-order valence-corrected chi connectivity index (χ0v) is 11.6. The Labute approximate surface area is 121 Å². The first-order chi connectivity index (χ1) is 10.2. The zero-order valence-electron chi connectivity index (χ0n) is 11.6. The van der Waals surface area contributed by atoms with Crippen molar-refractivity contribution in [2.75, 3.05) is 7.05 Å². The lowest BCUT2D eigenvalue weighted by atomic mass is 10.0. The lowest BCUT2D eigenvalue weighted by Gasteiger charge is -2.18. The summed E-state index contributed by atoms with van der Waals surface area (Å²) in [5.41, 5.74) is 1.77. The number of nitrogens with one attached hydrogen (secondary N) is 1. The number of rotatable bonds is 4. The summed E-state index contributed by atoms with van der Waals surface area (Å²) < 4.78 is 0. The normalized spacial score (nSPS) is 17.2. The zero-order chi connectivity index (χ0) is 14.7. The molecule has 1 aliphatic heterocycles. The SMILES string of the molecule is CN(Cc1ncn[nH]1)C(=O)C1CC(c2ccccc2)=NO1. The number of aromatic nitrogens is 3. The number of aromatic amines is 1. The number of benzene rings is 1. The van der Waals surface area contributed by atoms with E-state index in [4.69, 9.17) is 4.84 Å². The molecular formula is C14H15N5O2. The molecule has 21 heavy (non-hydrogen) atoms. The predicted octanol–water partition coefficient (Wildman–Crippen LogP) is 0.956. The average Bonchev–Trinajstić information content (AvgIpc) is 3.18. The summed E-state index contributed by atoms with van der Waals surface area (Å²) in [6.07, 6.45) is 1.31. The standard InChI is InChI=1S/C14H15N5O2/c1-19(8-13-15-9-16-17-13)14(20)12-7-11(18-21-12)10-5-3-2-4-6-10/h2-6,9,12H,7-8H2,1H3,(H,15,16,17). The van der Waals surface area contributed by atoms with Gasteiger partial charge in [-0.3, -0.25) is 9.89 Å². The van der Waals surface area contributed by atoms with Gasteiger partial charge in [0.2, 0.25) is 6.10 Å². The third-order valence-corrected chi connectivity index (χ3v) is 3.28. The minimum atomic E-state index is -0.576.